The monoisotopic (exact) mass is 250 g/mol. The maximum absolute atomic E-state index is 11.5. The number of rotatable bonds is 3. The summed E-state index contributed by atoms with van der Waals surface area (Å²) in [4.78, 5) is 15.9. The molecule has 90 valence electrons. The largest absolute Gasteiger partial charge is 0.496 e. The molecule has 0 radical (unpaired) electrons. The number of ether oxygens (including phenoxy) is 1. The Kier molecular flexibility index (Phi) is 3.28. The lowest BCUT2D eigenvalue weighted by molar-refractivity contribution is 0.406. The van der Waals surface area contributed by atoms with Crippen molar-refractivity contribution in [3.63, 3.8) is 0 Å². The summed E-state index contributed by atoms with van der Waals surface area (Å²) in [5, 5.41) is 1.78. The van der Waals surface area contributed by atoms with Gasteiger partial charge in [0, 0.05) is 28.9 Å². The SMILES string of the molecule is COc1c(C)cnc(Cn2ccsc2=O)c1C. The summed E-state index contributed by atoms with van der Waals surface area (Å²) in [5.74, 6) is 0.846. The molecule has 0 N–H and O–H groups in total. The number of thiazole rings is 1. The lowest BCUT2D eigenvalue weighted by Crippen LogP contribution is -2.14. The first-order valence-electron chi connectivity index (χ1n) is 5.26. The van der Waals surface area contributed by atoms with Gasteiger partial charge in [-0.3, -0.25) is 14.3 Å². The van der Waals surface area contributed by atoms with Crippen molar-refractivity contribution in [2.24, 2.45) is 0 Å². The van der Waals surface area contributed by atoms with E-state index >= 15 is 0 Å². The molecule has 0 aliphatic carbocycles. The van der Waals surface area contributed by atoms with Crippen molar-refractivity contribution in [3.8, 4) is 5.75 Å². The van der Waals surface area contributed by atoms with Crippen LogP contribution in [-0.2, 0) is 6.54 Å². The maximum atomic E-state index is 11.5. The molecule has 0 saturated carbocycles. The summed E-state index contributed by atoms with van der Waals surface area (Å²) in [6, 6.07) is 0. The van der Waals surface area contributed by atoms with E-state index in [0.717, 1.165) is 22.6 Å². The number of aryl methyl sites for hydroxylation is 1. The predicted molar refractivity (Wildman–Crippen MR) is 67.9 cm³/mol. The first kappa shape index (κ1) is 11.9. The second-order valence-electron chi connectivity index (χ2n) is 3.84. The normalized spacial score (nSPS) is 10.5. The van der Waals surface area contributed by atoms with Gasteiger partial charge in [0.15, 0.2) is 0 Å². The van der Waals surface area contributed by atoms with Gasteiger partial charge in [-0.15, -0.1) is 0 Å². The molecule has 4 nitrogen and oxygen atoms in total. The highest BCUT2D eigenvalue weighted by atomic mass is 32.1. The van der Waals surface area contributed by atoms with E-state index in [-0.39, 0.29) is 4.87 Å². The smallest absolute Gasteiger partial charge is 0.307 e. The van der Waals surface area contributed by atoms with Gasteiger partial charge in [0.2, 0.25) is 0 Å². The number of methoxy groups -OCH3 is 1. The Morgan fingerprint density at radius 2 is 2.24 bits per heavy atom. The highest BCUT2D eigenvalue weighted by Crippen LogP contribution is 2.24. The summed E-state index contributed by atoms with van der Waals surface area (Å²) >= 11 is 1.19. The van der Waals surface area contributed by atoms with Gasteiger partial charge in [-0.05, 0) is 13.8 Å². The average Bonchev–Trinajstić information content (AvgIpc) is 2.69. The molecule has 0 spiro atoms. The molecule has 0 aliphatic rings. The Hall–Kier alpha value is -1.62. The number of aromatic nitrogens is 2. The van der Waals surface area contributed by atoms with Crippen LogP contribution in [0.5, 0.6) is 5.75 Å². The van der Waals surface area contributed by atoms with E-state index in [9.17, 15) is 4.79 Å². The van der Waals surface area contributed by atoms with Crippen LogP contribution in [0, 0.1) is 13.8 Å². The van der Waals surface area contributed by atoms with E-state index in [4.69, 9.17) is 4.74 Å². The summed E-state index contributed by atoms with van der Waals surface area (Å²) in [5.41, 5.74) is 2.87. The molecule has 0 unspecified atom stereocenters. The van der Waals surface area contributed by atoms with Crippen LogP contribution in [0.4, 0.5) is 0 Å². The van der Waals surface area contributed by atoms with Gasteiger partial charge >= 0.3 is 4.87 Å². The Bertz CT molecular complexity index is 586. The third-order valence-corrected chi connectivity index (χ3v) is 3.41. The summed E-state index contributed by atoms with van der Waals surface area (Å²) in [6.45, 7) is 4.41. The lowest BCUT2D eigenvalue weighted by Gasteiger charge is -2.12. The Morgan fingerprint density at radius 3 is 2.82 bits per heavy atom. The molecule has 2 aromatic heterocycles. The summed E-state index contributed by atoms with van der Waals surface area (Å²) in [6.07, 6.45) is 3.55. The minimum absolute atomic E-state index is 0.0331. The lowest BCUT2D eigenvalue weighted by atomic mass is 10.1. The number of nitrogens with zero attached hydrogens (tertiary/aromatic N) is 2. The highest BCUT2D eigenvalue weighted by molar-refractivity contribution is 7.07. The molecule has 2 aromatic rings. The van der Waals surface area contributed by atoms with E-state index < -0.39 is 0 Å². The van der Waals surface area contributed by atoms with E-state index in [1.165, 1.54) is 11.3 Å². The van der Waals surface area contributed by atoms with Crippen molar-refractivity contribution < 1.29 is 4.74 Å². The van der Waals surface area contributed by atoms with Gasteiger partial charge in [-0.1, -0.05) is 11.3 Å². The van der Waals surface area contributed by atoms with Crippen molar-refractivity contribution in [3.05, 3.63) is 44.3 Å². The average molecular weight is 250 g/mol. The Labute approximate surface area is 104 Å². The molecule has 17 heavy (non-hydrogen) atoms. The second-order valence-corrected chi connectivity index (χ2v) is 4.70. The minimum Gasteiger partial charge on any atom is -0.496 e. The quantitative estimate of drug-likeness (QED) is 0.836. The van der Waals surface area contributed by atoms with Crippen LogP contribution in [-0.4, -0.2) is 16.7 Å². The summed E-state index contributed by atoms with van der Waals surface area (Å²) in [7, 11) is 1.65. The number of pyridine rings is 1. The van der Waals surface area contributed by atoms with E-state index in [0.29, 0.717) is 6.54 Å². The topological polar surface area (TPSA) is 44.1 Å². The van der Waals surface area contributed by atoms with Crippen molar-refractivity contribution >= 4 is 11.3 Å². The first-order valence-corrected chi connectivity index (χ1v) is 6.14. The zero-order valence-corrected chi connectivity index (χ0v) is 10.9. The van der Waals surface area contributed by atoms with Crippen LogP contribution < -0.4 is 9.61 Å². The fourth-order valence-electron chi connectivity index (χ4n) is 1.80. The van der Waals surface area contributed by atoms with E-state index in [1.54, 1.807) is 29.5 Å². The van der Waals surface area contributed by atoms with Crippen LogP contribution in [0.2, 0.25) is 0 Å². The molecule has 0 bridgehead atoms. The molecular formula is C12H14N2O2S. The van der Waals surface area contributed by atoms with Gasteiger partial charge in [0.1, 0.15) is 5.75 Å². The van der Waals surface area contributed by atoms with Crippen molar-refractivity contribution in [1.82, 2.24) is 9.55 Å². The third kappa shape index (κ3) is 2.24. The van der Waals surface area contributed by atoms with Crippen LogP contribution >= 0.6 is 11.3 Å². The third-order valence-electron chi connectivity index (χ3n) is 2.71. The standard InChI is InChI=1S/C12H14N2O2S/c1-8-6-13-10(9(2)11(8)16-3)7-14-4-5-17-12(14)15/h4-6H,7H2,1-3H3. The van der Waals surface area contributed by atoms with Crippen LogP contribution in [0.25, 0.3) is 0 Å². The molecule has 0 amide bonds. The first-order chi connectivity index (χ1) is 8.13. The maximum Gasteiger partial charge on any atom is 0.307 e. The summed E-state index contributed by atoms with van der Waals surface area (Å²) < 4.78 is 6.99. The van der Waals surface area contributed by atoms with E-state index in [2.05, 4.69) is 4.98 Å². The molecule has 0 saturated heterocycles. The number of hydrogen-bond acceptors (Lipinski definition) is 4. The van der Waals surface area contributed by atoms with Gasteiger partial charge in [-0.2, -0.15) is 0 Å². The van der Waals surface area contributed by atoms with Gasteiger partial charge in [0.05, 0.1) is 19.3 Å². The molecule has 0 aromatic carbocycles. The molecule has 2 rings (SSSR count). The molecule has 2 heterocycles. The van der Waals surface area contributed by atoms with Crippen LogP contribution in [0.1, 0.15) is 16.8 Å². The fourth-order valence-corrected chi connectivity index (χ4v) is 2.38. The predicted octanol–water partition coefficient (Wildman–Crippen LogP) is 1.98. The van der Waals surface area contributed by atoms with Gasteiger partial charge in [0.25, 0.3) is 0 Å². The van der Waals surface area contributed by atoms with Crippen molar-refractivity contribution in [1.29, 1.82) is 0 Å². The van der Waals surface area contributed by atoms with Gasteiger partial charge in [-0.25, -0.2) is 0 Å². The number of hydrogen-bond donors (Lipinski definition) is 0. The Balaban J connectivity index is 2.41. The molecular weight excluding hydrogens is 236 g/mol. The zero-order valence-electron chi connectivity index (χ0n) is 10.1. The molecule has 0 atom stereocenters. The second kappa shape index (κ2) is 4.71. The van der Waals surface area contributed by atoms with Crippen molar-refractivity contribution in [2.45, 2.75) is 20.4 Å². The minimum atomic E-state index is 0.0331. The van der Waals surface area contributed by atoms with Crippen LogP contribution in [0.15, 0.2) is 22.6 Å². The fraction of sp³-hybridized carbons (Fsp3) is 0.333. The molecule has 0 fully saturated rings. The Morgan fingerprint density at radius 1 is 1.47 bits per heavy atom. The molecule has 5 heteroatoms. The molecule has 0 aliphatic heterocycles. The van der Waals surface area contributed by atoms with Crippen LogP contribution in [0.3, 0.4) is 0 Å². The van der Waals surface area contributed by atoms with Gasteiger partial charge < -0.3 is 4.74 Å². The zero-order chi connectivity index (χ0) is 12.4. The van der Waals surface area contributed by atoms with Crippen molar-refractivity contribution in [2.75, 3.05) is 7.11 Å². The van der Waals surface area contributed by atoms with E-state index in [1.807, 2.05) is 13.8 Å². The highest BCUT2D eigenvalue weighted by Gasteiger charge is 2.10.